The van der Waals surface area contributed by atoms with Crippen LogP contribution < -0.4 is 4.90 Å². The standard InChI is InChI=1S/C11H16ClN3O/c1-15(8-10-3-2-4-16-10)11-7-13-6-9(5-12)14-11/h6-7,10H,2-5,8H2,1H3. The Morgan fingerprint density at radius 1 is 1.56 bits per heavy atom. The van der Waals surface area contributed by atoms with Crippen LogP contribution in [0.5, 0.6) is 0 Å². The van der Waals surface area contributed by atoms with Crippen LogP contribution in [-0.2, 0) is 10.6 Å². The van der Waals surface area contributed by atoms with Crippen molar-refractivity contribution >= 4 is 17.4 Å². The van der Waals surface area contributed by atoms with Crippen molar-refractivity contribution in [1.29, 1.82) is 0 Å². The average Bonchev–Trinajstić information content (AvgIpc) is 2.82. The number of nitrogens with zero attached hydrogens (tertiary/aromatic N) is 3. The van der Waals surface area contributed by atoms with Crippen LogP contribution in [0.15, 0.2) is 12.4 Å². The Morgan fingerprint density at radius 3 is 3.12 bits per heavy atom. The summed E-state index contributed by atoms with van der Waals surface area (Å²) < 4.78 is 5.59. The van der Waals surface area contributed by atoms with Crippen LogP contribution in [0.3, 0.4) is 0 Å². The fourth-order valence-electron chi connectivity index (χ4n) is 1.83. The second-order valence-electron chi connectivity index (χ2n) is 4.02. The van der Waals surface area contributed by atoms with Gasteiger partial charge in [0.1, 0.15) is 5.82 Å². The quantitative estimate of drug-likeness (QED) is 0.754. The van der Waals surface area contributed by atoms with Gasteiger partial charge in [-0.25, -0.2) is 4.98 Å². The Bertz CT molecular complexity index is 342. The van der Waals surface area contributed by atoms with E-state index in [1.807, 2.05) is 7.05 Å². The van der Waals surface area contributed by atoms with Gasteiger partial charge < -0.3 is 9.64 Å². The maximum atomic E-state index is 5.73. The molecule has 0 saturated carbocycles. The molecule has 1 fully saturated rings. The largest absolute Gasteiger partial charge is 0.376 e. The van der Waals surface area contributed by atoms with E-state index in [4.69, 9.17) is 16.3 Å². The lowest BCUT2D eigenvalue weighted by molar-refractivity contribution is 0.116. The molecule has 0 bridgehead atoms. The summed E-state index contributed by atoms with van der Waals surface area (Å²) in [4.78, 5) is 10.6. The van der Waals surface area contributed by atoms with Gasteiger partial charge >= 0.3 is 0 Å². The predicted molar refractivity (Wildman–Crippen MR) is 63.8 cm³/mol. The molecule has 2 rings (SSSR count). The molecule has 0 N–H and O–H groups in total. The zero-order valence-corrected chi connectivity index (χ0v) is 10.2. The van der Waals surface area contributed by atoms with Crippen molar-refractivity contribution in [3.63, 3.8) is 0 Å². The van der Waals surface area contributed by atoms with Gasteiger partial charge in [-0.05, 0) is 12.8 Å². The molecule has 0 amide bonds. The van der Waals surface area contributed by atoms with Gasteiger partial charge in [-0.1, -0.05) is 0 Å². The predicted octanol–water partition coefficient (Wildman–Crippen LogP) is 1.83. The molecule has 1 aliphatic heterocycles. The molecule has 0 aromatic carbocycles. The smallest absolute Gasteiger partial charge is 0.147 e. The van der Waals surface area contributed by atoms with Crippen molar-refractivity contribution in [3.8, 4) is 0 Å². The number of likely N-dealkylation sites (N-methyl/N-ethyl adjacent to an activating group) is 1. The van der Waals surface area contributed by atoms with Crippen LogP contribution >= 0.6 is 11.6 Å². The summed E-state index contributed by atoms with van der Waals surface area (Å²) in [6.45, 7) is 1.74. The summed E-state index contributed by atoms with van der Waals surface area (Å²) in [6.07, 6.45) is 6.06. The minimum Gasteiger partial charge on any atom is -0.376 e. The molecule has 0 radical (unpaired) electrons. The van der Waals surface area contributed by atoms with Crippen molar-refractivity contribution in [3.05, 3.63) is 18.1 Å². The maximum Gasteiger partial charge on any atom is 0.147 e. The highest BCUT2D eigenvalue weighted by Gasteiger charge is 2.18. The molecule has 5 heteroatoms. The number of ether oxygens (including phenoxy) is 1. The third-order valence-electron chi connectivity index (χ3n) is 2.70. The topological polar surface area (TPSA) is 38.2 Å². The first kappa shape index (κ1) is 11.6. The van der Waals surface area contributed by atoms with Gasteiger partial charge in [0.05, 0.1) is 23.9 Å². The van der Waals surface area contributed by atoms with E-state index in [-0.39, 0.29) is 0 Å². The number of halogens is 1. The highest BCUT2D eigenvalue weighted by molar-refractivity contribution is 6.16. The van der Waals surface area contributed by atoms with Crippen LogP contribution in [0.1, 0.15) is 18.5 Å². The molecule has 1 atom stereocenters. The Balaban J connectivity index is 1.98. The van der Waals surface area contributed by atoms with Crippen LogP contribution in [-0.4, -0.2) is 36.3 Å². The number of anilines is 1. The highest BCUT2D eigenvalue weighted by atomic mass is 35.5. The fourth-order valence-corrected chi connectivity index (χ4v) is 1.96. The van der Waals surface area contributed by atoms with Crippen molar-refractivity contribution in [2.75, 3.05) is 25.1 Å². The SMILES string of the molecule is CN(CC1CCCO1)c1cncc(CCl)n1. The third kappa shape index (κ3) is 2.83. The van der Waals surface area contributed by atoms with Crippen LogP contribution in [0.2, 0.25) is 0 Å². The summed E-state index contributed by atoms with van der Waals surface area (Å²) in [6, 6.07) is 0. The summed E-state index contributed by atoms with van der Waals surface area (Å²) >= 11 is 5.73. The molecule has 16 heavy (non-hydrogen) atoms. The molecule has 1 aliphatic rings. The zero-order chi connectivity index (χ0) is 11.4. The molecule has 1 saturated heterocycles. The molecule has 1 aromatic heterocycles. The summed E-state index contributed by atoms with van der Waals surface area (Å²) in [5.41, 5.74) is 0.804. The van der Waals surface area contributed by atoms with Gasteiger partial charge in [0.2, 0.25) is 0 Å². The van der Waals surface area contributed by atoms with Gasteiger partial charge in [0, 0.05) is 26.4 Å². The number of hydrogen-bond donors (Lipinski definition) is 0. The maximum absolute atomic E-state index is 5.73. The molecule has 0 aliphatic carbocycles. The van der Waals surface area contributed by atoms with Gasteiger partial charge in [-0.2, -0.15) is 0 Å². The minimum atomic E-state index is 0.325. The van der Waals surface area contributed by atoms with E-state index in [1.54, 1.807) is 12.4 Å². The Hall–Kier alpha value is -0.870. The molecule has 1 unspecified atom stereocenters. The van der Waals surface area contributed by atoms with E-state index >= 15 is 0 Å². The van der Waals surface area contributed by atoms with Gasteiger partial charge in [-0.3, -0.25) is 4.98 Å². The summed E-state index contributed by atoms with van der Waals surface area (Å²) in [7, 11) is 2.00. The first-order valence-corrected chi connectivity index (χ1v) is 6.02. The monoisotopic (exact) mass is 241 g/mol. The number of rotatable bonds is 4. The van der Waals surface area contributed by atoms with Gasteiger partial charge in [0.25, 0.3) is 0 Å². The summed E-state index contributed by atoms with van der Waals surface area (Å²) in [5.74, 6) is 1.25. The molecule has 88 valence electrons. The number of alkyl halides is 1. The highest BCUT2D eigenvalue weighted by Crippen LogP contribution is 2.16. The van der Waals surface area contributed by atoms with Crippen molar-refractivity contribution in [2.45, 2.75) is 24.8 Å². The van der Waals surface area contributed by atoms with E-state index in [1.165, 1.54) is 0 Å². The Kier molecular flexibility index (Phi) is 3.96. The van der Waals surface area contributed by atoms with E-state index < -0.39 is 0 Å². The molecule has 0 spiro atoms. The number of aromatic nitrogens is 2. The molecule has 4 nitrogen and oxygen atoms in total. The number of hydrogen-bond acceptors (Lipinski definition) is 4. The summed E-state index contributed by atoms with van der Waals surface area (Å²) in [5, 5.41) is 0. The first-order valence-electron chi connectivity index (χ1n) is 5.49. The second kappa shape index (κ2) is 5.46. The van der Waals surface area contributed by atoms with Gasteiger partial charge in [0.15, 0.2) is 0 Å². The lowest BCUT2D eigenvalue weighted by Crippen LogP contribution is -2.29. The van der Waals surface area contributed by atoms with Crippen LogP contribution in [0.25, 0.3) is 0 Å². The lowest BCUT2D eigenvalue weighted by atomic mass is 10.2. The van der Waals surface area contributed by atoms with Crippen LogP contribution in [0, 0.1) is 0 Å². The van der Waals surface area contributed by atoms with Crippen molar-refractivity contribution in [1.82, 2.24) is 9.97 Å². The first-order chi connectivity index (χ1) is 7.79. The molecule has 1 aromatic rings. The molecular formula is C11H16ClN3O. The second-order valence-corrected chi connectivity index (χ2v) is 4.29. The lowest BCUT2D eigenvalue weighted by Gasteiger charge is -2.21. The van der Waals surface area contributed by atoms with E-state index in [9.17, 15) is 0 Å². The van der Waals surface area contributed by atoms with Crippen LogP contribution in [0.4, 0.5) is 5.82 Å². The Labute approximate surface area is 101 Å². The Morgan fingerprint density at radius 2 is 2.44 bits per heavy atom. The zero-order valence-electron chi connectivity index (χ0n) is 9.40. The van der Waals surface area contributed by atoms with Gasteiger partial charge in [-0.15, -0.1) is 11.6 Å². The minimum absolute atomic E-state index is 0.325. The van der Waals surface area contributed by atoms with E-state index in [2.05, 4.69) is 14.9 Å². The van der Waals surface area contributed by atoms with Crippen molar-refractivity contribution in [2.24, 2.45) is 0 Å². The van der Waals surface area contributed by atoms with Crippen molar-refractivity contribution < 1.29 is 4.74 Å². The third-order valence-corrected chi connectivity index (χ3v) is 2.98. The van der Waals surface area contributed by atoms with E-state index in [0.29, 0.717) is 12.0 Å². The normalized spacial score (nSPS) is 20.0. The fraction of sp³-hybridized carbons (Fsp3) is 0.636. The molecular weight excluding hydrogens is 226 g/mol. The molecule has 2 heterocycles. The average molecular weight is 242 g/mol. The van der Waals surface area contributed by atoms with E-state index in [0.717, 1.165) is 37.5 Å².